The van der Waals surface area contributed by atoms with Gasteiger partial charge in [-0.05, 0) is 31.5 Å². The Morgan fingerprint density at radius 2 is 1.42 bits per heavy atom. The van der Waals surface area contributed by atoms with Crippen LogP contribution < -0.4 is 19.3 Å². The van der Waals surface area contributed by atoms with Crippen LogP contribution in [0.5, 0.6) is 11.5 Å². The van der Waals surface area contributed by atoms with E-state index in [2.05, 4.69) is 0 Å². The first-order valence-corrected chi connectivity index (χ1v) is 10.7. The summed E-state index contributed by atoms with van der Waals surface area (Å²) < 4.78 is 10.7. The molecule has 1 aliphatic rings. The second-order valence-corrected chi connectivity index (χ2v) is 7.69. The van der Waals surface area contributed by atoms with Crippen molar-refractivity contribution < 1.29 is 19.1 Å². The van der Waals surface area contributed by atoms with E-state index >= 15 is 0 Å². The van der Waals surface area contributed by atoms with Crippen LogP contribution in [0.4, 0.5) is 11.4 Å². The van der Waals surface area contributed by atoms with Crippen molar-refractivity contribution in [2.24, 2.45) is 0 Å². The Morgan fingerprint density at radius 3 is 1.97 bits per heavy atom. The minimum Gasteiger partial charge on any atom is -0.497 e. The zero-order valence-electron chi connectivity index (χ0n) is 19.2. The summed E-state index contributed by atoms with van der Waals surface area (Å²) in [6.07, 6.45) is 0. The van der Waals surface area contributed by atoms with Crippen LogP contribution in [0.3, 0.4) is 0 Å². The molecule has 168 valence electrons. The van der Waals surface area contributed by atoms with E-state index in [1.807, 2.05) is 73.3 Å². The molecule has 0 atom stereocenters. The average molecular weight is 443 g/mol. The summed E-state index contributed by atoms with van der Waals surface area (Å²) in [6.45, 7) is 4.46. The van der Waals surface area contributed by atoms with Crippen LogP contribution in [-0.2, 0) is 9.59 Å². The number of nitrogens with zero attached hydrogens (tertiary/aromatic N) is 2. The molecule has 0 fully saturated rings. The van der Waals surface area contributed by atoms with Gasteiger partial charge in [0.2, 0.25) is 0 Å². The molecule has 0 unspecified atom stereocenters. The molecule has 0 bridgehead atoms. The van der Waals surface area contributed by atoms with Crippen molar-refractivity contribution in [2.45, 2.75) is 13.8 Å². The van der Waals surface area contributed by atoms with Crippen LogP contribution in [0.25, 0.3) is 5.57 Å². The van der Waals surface area contributed by atoms with Crippen molar-refractivity contribution in [3.8, 4) is 11.5 Å². The summed E-state index contributed by atoms with van der Waals surface area (Å²) in [4.78, 5) is 30.7. The molecule has 0 aromatic heterocycles. The lowest BCUT2D eigenvalue weighted by atomic mass is 10.0. The van der Waals surface area contributed by atoms with E-state index in [4.69, 9.17) is 9.47 Å². The fraction of sp³-hybridized carbons (Fsp3) is 0.185. The first-order chi connectivity index (χ1) is 16.0. The molecule has 1 heterocycles. The molecule has 0 spiro atoms. The summed E-state index contributed by atoms with van der Waals surface area (Å²) >= 11 is 0. The van der Waals surface area contributed by atoms with Gasteiger partial charge in [0.25, 0.3) is 11.8 Å². The minimum absolute atomic E-state index is 0.347. The summed E-state index contributed by atoms with van der Waals surface area (Å²) in [7, 11) is 3.06. The van der Waals surface area contributed by atoms with Crippen molar-refractivity contribution >= 4 is 28.8 Å². The van der Waals surface area contributed by atoms with Crippen LogP contribution in [0.1, 0.15) is 18.1 Å². The summed E-state index contributed by atoms with van der Waals surface area (Å²) in [5, 5.41) is 0. The molecule has 33 heavy (non-hydrogen) atoms. The van der Waals surface area contributed by atoms with Gasteiger partial charge in [-0.1, -0.05) is 48.0 Å². The van der Waals surface area contributed by atoms with Gasteiger partial charge in [-0.25, -0.2) is 4.90 Å². The van der Waals surface area contributed by atoms with Crippen molar-refractivity contribution in [2.75, 3.05) is 30.6 Å². The van der Waals surface area contributed by atoms with Gasteiger partial charge in [0.1, 0.15) is 17.2 Å². The Balaban J connectivity index is 1.91. The third-order valence-electron chi connectivity index (χ3n) is 5.65. The lowest BCUT2D eigenvalue weighted by Crippen LogP contribution is -2.35. The number of amides is 2. The number of rotatable bonds is 7. The number of hydrogen-bond donors (Lipinski definition) is 0. The number of hydrogen-bond acceptors (Lipinski definition) is 5. The number of anilines is 2. The maximum Gasteiger partial charge on any atom is 0.282 e. The molecule has 6 heteroatoms. The number of carbonyl (C=O) groups excluding carboxylic acids is 2. The van der Waals surface area contributed by atoms with Crippen molar-refractivity contribution in [1.82, 2.24) is 0 Å². The summed E-state index contributed by atoms with van der Waals surface area (Å²) in [5.41, 5.74) is 3.71. The zero-order chi connectivity index (χ0) is 23.5. The average Bonchev–Trinajstić information content (AvgIpc) is 3.10. The molecule has 4 rings (SSSR count). The quantitative estimate of drug-likeness (QED) is 0.491. The Hall–Kier alpha value is -4.06. The molecule has 3 aromatic rings. The Labute approximate surface area is 193 Å². The van der Waals surface area contributed by atoms with Crippen molar-refractivity contribution in [3.63, 3.8) is 0 Å². The van der Waals surface area contributed by atoms with Gasteiger partial charge < -0.3 is 14.4 Å². The molecular formula is C27H26N2O4. The fourth-order valence-electron chi connectivity index (χ4n) is 3.98. The van der Waals surface area contributed by atoms with Gasteiger partial charge in [0.15, 0.2) is 0 Å². The van der Waals surface area contributed by atoms with Crippen LogP contribution in [0, 0.1) is 6.92 Å². The molecule has 3 aromatic carbocycles. The number of likely N-dealkylation sites (N-methyl/N-ethyl adjacent to an activating group) is 1. The molecule has 0 aliphatic carbocycles. The van der Waals surface area contributed by atoms with Gasteiger partial charge in [0, 0.05) is 30.4 Å². The van der Waals surface area contributed by atoms with E-state index in [-0.39, 0.29) is 5.91 Å². The zero-order valence-corrected chi connectivity index (χ0v) is 19.2. The lowest BCUT2D eigenvalue weighted by Gasteiger charge is -2.25. The summed E-state index contributed by atoms with van der Waals surface area (Å²) in [6, 6.07) is 22.3. The van der Waals surface area contributed by atoms with Crippen LogP contribution in [0.2, 0.25) is 0 Å². The predicted molar refractivity (Wildman–Crippen MR) is 130 cm³/mol. The highest BCUT2D eigenvalue weighted by atomic mass is 16.5. The maximum absolute atomic E-state index is 13.9. The molecule has 1 aliphatic heterocycles. The third-order valence-corrected chi connectivity index (χ3v) is 5.65. The Kier molecular flexibility index (Phi) is 6.18. The predicted octanol–water partition coefficient (Wildman–Crippen LogP) is 4.82. The SMILES string of the molecule is CCN(C1=C(c2ccc(C)cc2)C(=O)N(c2cc(OC)cc(OC)c2)C1=O)c1ccccc1. The topological polar surface area (TPSA) is 59.1 Å². The van der Waals surface area contributed by atoms with E-state index in [9.17, 15) is 9.59 Å². The van der Waals surface area contributed by atoms with Crippen LogP contribution in [0.15, 0.2) is 78.5 Å². The summed E-state index contributed by atoms with van der Waals surface area (Å²) in [5.74, 6) is 0.205. The molecule has 6 nitrogen and oxygen atoms in total. The van der Waals surface area contributed by atoms with Gasteiger partial charge >= 0.3 is 0 Å². The van der Waals surface area contributed by atoms with Crippen molar-refractivity contribution in [1.29, 1.82) is 0 Å². The molecule has 0 saturated heterocycles. The van der Waals surface area contributed by atoms with Gasteiger partial charge in [-0.15, -0.1) is 0 Å². The van der Waals surface area contributed by atoms with Crippen LogP contribution >= 0.6 is 0 Å². The number of aryl methyl sites for hydroxylation is 1. The van der Waals surface area contributed by atoms with E-state index in [1.165, 1.54) is 19.1 Å². The van der Waals surface area contributed by atoms with E-state index < -0.39 is 5.91 Å². The largest absolute Gasteiger partial charge is 0.497 e. The highest BCUT2D eigenvalue weighted by Gasteiger charge is 2.43. The first-order valence-electron chi connectivity index (χ1n) is 10.7. The Morgan fingerprint density at radius 1 is 0.818 bits per heavy atom. The fourth-order valence-corrected chi connectivity index (χ4v) is 3.98. The third kappa shape index (κ3) is 4.07. The second kappa shape index (κ2) is 9.20. The first kappa shape index (κ1) is 22.1. The number of ether oxygens (including phenoxy) is 2. The number of methoxy groups -OCH3 is 2. The second-order valence-electron chi connectivity index (χ2n) is 7.69. The Bertz CT molecular complexity index is 1190. The monoisotopic (exact) mass is 442 g/mol. The van der Waals surface area contributed by atoms with E-state index in [0.717, 1.165) is 11.3 Å². The maximum atomic E-state index is 13.9. The molecule has 0 radical (unpaired) electrons. The standard InChI is InChI=1S/C27H26N2O4/c1-5-28(20-9-7-6-8-10-20)25-24(19-13-11-18(2)12-14-19)26(30)29(27(25)31)21-15-22(32-3)17-23(16-21)33-4/h6-17H,5H2,1-4H3. The number of benzene rings is 3. The van der Waals surface area contributed by atoms with Crippen LogP contribution in [-0.4, -0.2) is 32.6 Å². The molecule has 0 N–H and O–H groups in total. The van der Waals surface area contributed by atoms with E-state index in [1.54, 1.807) is 18.2 Å². The lowest BCUT2D eigenvalue weighted by molar-refractivity contribution is -0.120. The smallest absolute Gasteiger partial charge is 0.282 e. The van der Waals surface area contributed by atoms with Gasteiger partial charge in [-0.2, -0.15) is 0 Å². The van der Waals surface area contributed by atoms with E-state index in [0.29, 0.717) is 40.6 Å². The molecule has 2 amide bonds. The number of imide groups is 1. The normalized spacial score (nSPS) is 13.5. The number of carbonyl (C=O) groups is 2. The number of para-hydroxylation sites is 1. The molecule has 0 saturated carbocycles. The molecular weight excluding hydrogens is 416 g/mol. The minimum atomic E-state index is -0.392. The van der Waals surface area contributed by atoms with Gasteiger partial charge in [0.05, 0.1) is 25.5 Å². The van der Waals surface area contributed by atoms with Gasteiger partial charge in [-0.3, -0.25) is 9.59 Å². The highest BCUT2D eigenvalue weighted by molar-refractivity contribution is 6.46. The highest BCUT2D eigenvalue weighted by Crippen LogP contribution is 2.39. The van der Waals surface area contributed by atoms with Crippen molar-refractivity contribution in [3.05, 3.63) is 89.6 Å².